The van der Waals surface area contributed by atoms with E-state index in [1.807, 2.05) is 11.6 Å². The van der Waals surface area contributed by atoms with Crippen LogP contribution in [-0.4, -0.2) is 9.78 Å². The number of nitrogens with zero attached hydrogens (tertiary/aromatic N) is 2. The molecule has 0 spiro atoms. The van der Waals surface area contributed by atoms with Gasteiger partial charge in [0.1, 0.15) is 5.82 Å². The molecule has 0 aromatic carbocycles. The number of nitrogens with two attached hydrogens (primary N) is 1. The van der Waals surface area contributed by atoms with E-state index in [9.17, 15) is 0 Å². The Balaban J connectivity index is 2.41. The van der Waals surface area contributed by atoms with E-state index in [-0.39, 0.29) is 6.04 Å². The average Bonchev–Trinajstić information content (AvgIpc) is 2.78. The molecule has 86 valence electrons. The van der Waals surface area contributed by atoms with Gasteiger partial charge in [-0.2, -0.15) is 5.10 Å². The molecule has 3 nitrogen and oxygen atoms in total. The van der Waals surface area contributed by atoms with Crippen LogP contribution in [0.15, 0.2) is 20.4 Å². The number of aromatic nitrogens is 2. The smallest absolute Gasteiger partial charge is 0.137 e. The highest BCUT2D eigenvalue weighted by Crippen LogP contribution is 2.32. The minimum atomic E-state index is 0.154. The molecule has 2 aromatic rings. The van der Waals surface area contributed by atoms with E-state index in [0.29, 0.717) is 5.82 Å². The van der Waals surface area contributed by atoms with Crippen molar-refractivity contribution in [3.63, 3.8) is 0 Å². The van der Waals surface area contributed by atoms with E-state index in [4.69, 9.17) is 5.73 Å². The molecular weight excluding hydrogens is 354 g/mol. The number of rotatable bonds is 2. The lowest BCUT2D eigenvalue weighted by atomic mass is 10.3. The van der Waals surface area contributed by atoms with Crippen LogP contribution in [-0.2, 0) is 0 Å². The highest BCUT2D eigenvalue weighted by Gasteiger charge is 2.17. The van der Waals surface area contributed by atoms with Crippen molar-refractivity contribution in [2.24, 2.45) is 0 Å². The fourth-order valence-electron chi connectivity index (χ4n) is 1.51. The number of anilines is 1. The average molecular weight is 365 g/mol. The molecule has 6 heteroatoms. The van der Waals surface area contributed by atoms with E-state index in [1.165, 1.54) is 4.88 Å². The van der Waals surface area contributed by atoms with E-state index in [0.717, 1.165) is 14.6 Å². The van der Waals surface area contributed by atoms with Gasteiger partial charge in [-0.25, -0.2) is 4.68 Å². The topological polar surface area (TPSA) is 43.8 Å². The Morgan fingerprint density at radius 1 is 1.50 bits per heavy atom. The maximum absolute atomic E-state index is 5.99. The van der Waals surface area contributed by atoms with Gasteiger partial charge in [0.25, 0.3) is 0 Å². The molecular formula is C10H11Br2N3S. The van der Waals surface area contributed by atoms with Crippen molar-refractivity contribution in [3.05, 3.63) is 31.0 Å². The van der Waals surface area contributed by atoms with Crippen molar-refractivity contribution in [2.75, 3.05) is 5.73 Å². The molecule has 1 unspecified atom stereocenters. The van der Waals surface area contributed by atoms with Gasteiger partial charge in [-0.1, -0.05) is 0 Å². The molecule has 0 saturated heterocycles. The zero-order valence-corrected chi connectivity index (χ0v) is 12.9. The lowest BCUT2D eigenvalue weighted by molar-refractivity contribution is 0.577. The van der Waals surface area contributed by atoms with Crippen molar-refractivity contribution in [1.29, 1.82) is 0 Å². The molecule has 2 aromatic heterocycles. The first-order valence-electron chi connectivity index (χ1n) is 4.74. The monoisotopic (exact) mass is 363 g/mol. The molecule has 0 aliphatic heterocycles. The van der Waals surface area contributed by atoms with Crippen molar-refractivity contribution < 1.29 is 0 Å². The van der Waals surface area contributed by atoms with Crippen molar-refractivity contribution in [2.45, 2.75) is 19.9 Å². The van der Waals surface area contributed by atoms with Crippen LogP contribution in [0.2, 0.25) is 0 Å². The van der Waals surface area contributed by atoms with Gasteiger partial charge in [0, 0.05) is 14.7 Å². The third kappa shape index (κ3) is 2.06. The zero-order chi connectivity index (χ0) is 11.9. The van der Waals surface area contributed by atoms with Crippen LogP contribution in [0.4, 0.5) is 5.82 Å². The Kier molecular flexibility index (Phi) is 3.42. The fraction of sp³-hybridized carbons (Fsp3) is 0.300. The molecule has 0 bridgehead atoms. The van der Waals surface area contributed by atoms with Gasteiger partial charge in [0.2, 0.25) is 0 Å². The highest BCUT2D eigenvalue weighted by atomic mass is 79.9. The summed E-state index contributed by atoms with van der Waals surface area (Å²) in [7, 11) is 0. The van der Waals surface area contributed by atoms with Crippen LogP contribution < -0.4 is 5.73 Å². The van der Waals surface area contributed by atoms with Crippen molar-refractivity contribution in [1.82, 2.24) is 9.78 Å². The van der Waals surface area contributed by atoms with Crippen LogP contribution in [0.5, 0.6) is 0 Å². The number of halogens is 2. The maximum Gasteiger partial charge on any atom is 0.137 e. The normalized spacial score (nSPS) is 13.0. The van der Waals surface area contributed by atoms with Gasteiger partial charge in [-0.05, 0) is 51.8 Å². The SMILES string of the molecule is Cc1nn(C(C)c2cc(Br)cs2)c(N)c1Br. The molecule has 0 aliphatic rings. The number of hydrogen-bond donors (Lipinski definition) is 1. The summed E-state index contributed by atoms with van der Waals surface area (Å²) < 4.78 is 3.83. The quantitative estimate of drug-likeness (QED) is 0.876. The largest absolute Gasteiger partial charge is 0.383 e. The van der Waals surface area contributed by atoms with Crippen LogP contribution in [0, 0.1) is 6.92 Å². The first-order valence-corrected chi connectivity index (χ1v) is 7.21. The molecule has 0 fully saturated rings. The Morgan fingerprint density at radius 2 is 2.19 bits per heavy atom. The van der Waals surface area contributed by atoms with Gasteiger partial charge < -0.3 is 5.73 Å². The van der Waals surface area contributed by atoms with Gasteiger partial charge in [-0.15, -0.1) is 11.3 Å². The molecule has 2 heterocycles. The summed E-state index contributed by atoms with van der Waals surface area (Å²) in [5.41, 5.74) is 6.91. The third-order valence-corrected chi connectivity index (χ3v) is 5.26. The van der Waals surface area contributed by atoms with Gasteiger partial charge >= 0.3 is 0 Å². The summed E-state index contributed by atoms with van der Waals surface area (Å²) in [4.78, 5) is 1.23. The molecule has 0 radical (unpaired) electrons. The molecule has 1 atom stereocenters. The van der Waals surface area contributed by atoms with E-state index >= 15 is 0 Å². The Bertz CT molecular complexity index is 518. The van der Waals surface area contributed by atoms with Crippen molar-refractivity contribution >= 4 is 49.0 Å². The number of aryl methyl sites for hydroxylation is 1. The summed E-state index contributed by atoms with van der Waals surface area (Å²) >= 11 is 8.58. The second-order valence-electron chi connectivity index (χ2n) is 3.57. The predicted molar refractivity (Wildman–Crippen MR) is 74.9 cm³/mol. The number of nitrogen functional groups attached to an aromatic ring is 1. The van der Waals surface area contributed by atoms with Gasteiger partial charge in [0.15, 0.2) is 0 Å². The standard InChI is InChI=1S/C10H11Br2N3S/c1-5-9(12)10(13)15(14-5)6(2)8-3-7(11)4-16-8/h3-4,6H,13H2,1-2H3. The third-order valence-electron chi connectivity index (χ3n) is 2.41. The zero-order valence-electron chi connectivity index (χ0n) is 8.87. The number of thiophene rings is 1. The molecule has 16 heavy (non-hydrogen) atoms. The van der Waals surface area contributed by atoms with Gasteiger partial charge in [0.05, 0.1) is 16.2 Å². The Hall–Kier alpha value is -0.330. The minimum absolute atomic E-state index is 0.154. The number of hydrogen-bond acceptors (Lipinski definition) is 3. The van der Waals surface area contributed by atoms with E-state index < -0.39 is 0 Å². The maximum atomic E-state index is 5.99. The summed E-state index contributed by atoms with van der Waals surface area (Å²) in [5.74, 6) is 0.675. The first-order chi connectivity index (χ1) is 7.50. The summed E-state index contributed by atoms with van der Waals surface area (Å²) in [6.45, 7) is 4.03. The lowest BCUT2D eigenvalue weighted by Gasteiger charge is -2.11. The second-order valence-corrected chi connectivity index (χ2v) is 6.22. The van der Waals surface area contributed by atoms with E-state index in [1.54, 1.807) is 11.3 Å². The highest BCUT2D eigenvalue weighted by molar-refractivity contribution is 9.11. The molecule has 0 amide bonds. The molecule has 0 aliphatic carbocycles. The first kappa shape index (κ1) is 12.1. The lowest BCUT2D eigenvalue weighted by Crippen LogP contribution is -2.10. The summed E-state index contributed by atoms with van der Waals surface area (Å²) in [6.07, 6.45) is 0. The summed E-state index contributed by atoms with van der Waals surface area (Å²) in [5, 5.41) is 6.49. The molecule has 2 rings (SSSR count). The van der Waals surface area contributed by atoms with Crippen LogP contribution in [0.1, 0.15) is 23.5 Å². The van der Waals surface area contributed by atoms with Crippen LogP contribution in [0.25, 0.3) is 0 Å². The van der Waals surface area contributed by atoms with Crippen LogP contribution >= 0.6 is 43.2 Å². The Morgan fingerprint density at radius 3 is 2.62 bits per heavy atom. The molecule has 2 N–H and O–H groups in total. The van der Waals surface area contributed by atoms with E-state index in [2.05, 4.69) is 55.3 Å². The van der Waals surface area contributed by atoms with Gasteiger partial charge in [-0.3, -0.25) is 0 Å². The molecule has 0 saturated carbocycles. The second kappa shape index (κ2) is 4.50. The van der Waals surface area contributed by atoms with Crippen molar-refractivity contribution in [3.8, 4) is 0 Å². The summed E-state index contributed by atoms with van der Waals surface area (Å²) in [6, 6.07) is 2.25. The minimum Gasteiger partial charge on any atom is -0.383 e. The fourth-order valence-corrected chi connectivity index (χ4v) is 3.26. The predicted octanol–water partition coefficient (Wildman–Crippen LogP) is 3.97. The van der Waals surface area contributed by atoms with Crippen LogP contribution in [0.3, 0.4) is 0 Å². The Labute approximate surface area is 115 Å².